The summed E-state index contributed by atoms with van der Waals surface area (Å²) in [4.78, 5) is 62.5. The fourth-order valence-electron chi connectivity index (χ4n) is 11.5. The largest absolute Gasteiger partial charge is 0.424 e. The van der Waals surface area contributed by atoms with Crippen molar-refractivity contribution in [3.05, 3.63) is 91.4 Å². The van der Waals surface area contributed by atoms with E-state index in [4.69, 9.17) is 9.47 Å². The van der Waals surface area contributed by atoms with Gasteiger partial charge in [0.25, 0.3) is 11.8 Å². The van der Waals surface area contributed by atoms with Gasteiger partial charge in [0.1, 0.15) is 23.3 Å². The highest BCUT2D eigenvalue weighted by Crippen LogP contribution is 2.69. The Balaban J connectivity index is 1.55. The maximum absolute atomic E-state index is 15.3. The van der Waals surface area contributed by atoms with Crippen molar-refractivity contribution >= 4 is 70.8 Å². The van der Waals surface area contributed by atoms with Gasteiger partial charge in [0.15, 0.2) is 11.5 Å². The minimum Gasteiger partial charge on any atom is -0.424 e. The monoisotopic (exact) mass is 1130 g/mol. The van der Waals surface area contributed by atoms with Crippen molar-refractivity contribution in [3.8, 4) is 23.6 Å². The quantitative estimate of drug-likeness (QED) is 0.0350. The molecule has 3 aliphatic heterocycles. The summed E-state index contributed by atoms with van der Waals surface area (Å²) in [5.74, 6) is -1.76. The van der Waals surface area contributed by atoms with Crippen molar-refractivity contribution in [2.24, 2.45) is 57.2 Å². The second kappa shape index (κ2) is 25.9. The van der Waals surface area contributed by atoms with E-state index in [1.807, 2.05) is 60.7 Å². The van der Waals surface area contributed by atoms with E-state index in [1.54, 1.807) is 0 Å². The number of thioether (sulfide) groups is 4. The van der Waals surface area contributed by atoms with E-state index >= 15 is 19.2 Å². The number of fused-ring (bicyclic) bond motifs is 2. The third-order valence-electron chi connectivity index (χ3n) is 14.3. The highest BCUT2D eigenvalue weighted by Gasteiger charge is 2.48. The molecule has 14 heteroatoms. The maximum Gasteiger partial charge on any atom is 0.314 e. The van der Waals surface area contributed by atoms with Crippen molar-refractivity contribution in [3.63, 3.8) is 0 Å². The van der Waals surface area contributed by atoms with Crippen LogP contribution in [-0.4, -0.2) is 33.8 Å². The van der Waals surface area contributed by atoms with Gasteiger partial charge in [-0.15, -0.1) is 0 Å². The molecule has 0 radical (unpaired) electrons. The van der Waals surface area contributed by atoms with Crippen LogP contribution in [0, 0.1) is 79.8 Å². The van der Waals surface area contributed by atoms with Crippen molar-refractivity contribution in [2.75, 3.05) is 0 Å². The van der Waals surface area contributed by atoms with Gasteiger partial charge < -0.3 is 9.47 Å². The number of hydrazine groups is 1. The zero-order valence-corrected chi connectivity index (χ0v) is 52.4. The number of allylic oxidation sites excluding steroid dienone is 1. The summed E-state index contributed by atoms with van der Waals surface area (Å²) in [6.45, 7) is 35.5. The molecule has 3 aromatic carbocycles. The van der Waals surface area contributed by atoms with Crippen LogP contribution in [0.1, 0.15) is 173 Å². The molecule has 6 atom stereocenters. The summed E-state index contributed by atoms with van der Waals surface area (Å²) >= 11 is 4.61. The molecule has 10 nitrogen and oxygen atoms in total. The van der Waals surface area contributed by atoms with Crippen LogP contribution in [0.3, 0.4) is 0 Å². The molecule has 6 rings (SSSR count). The third-order valence-corrected chi connectivity index (χ3v) is 19.5. The van der Waals surface area contributed by atoms with Gasteiger partial charge in [-0.05, 0) is 108 Å². The fraction of sp³-hybridized carbons (Fsp3) is 0.562. The molecule has 1 saturated heterocycles. The first-order valence-corrected chi connectivity index (χ1v) is 31.0. The van der Waals surface area contributed by atoms with E-state index in [0.717, 1.165) is 96.7 Å². The van der Waals surface area contributed by atoms with Crippen LogP contribution in [0.4, 0.5) is 0 Å². The van der Waals surface area contributed by atoms with Crippen LogP contribution in [0.5, 0.6) is 11.5 Å². The Morgan fingerprint density at radius 2 is 0.846 bits per heavy atom. The number of nitriles is 2. The van der Waals surface area contributed by atoms with Gasteiger partial charge >= 0.3 is 11.9 Å². The molecular formula is C64H84N4O6S4. The predicted molar refractivity (Wildman–Crippen MR) is 319 cm³/mol. The summed E-state index contributed by atoms with van der Waals surface area (Å²) in [7, 11) is 0. The molecule has 420 valence electrons. The summed E-state index contributed by atoms with van der Waals surface area (Å²) in [6.07, 6.45) is 6.36. The van der Waals surface area contributed by atoms with Gasteiger partial charge in [-0.2, -0.15) is 10.5 Å². The van der Waals surface area contributed by atoms with Crippen molar-refractivity contribution in [1.82, 2.24) is 10.0 Å². The topological polar surface area (TPSA) is 141 Å². The first kappa shape index (κ1) is 62.6. The number of hydrogen-bond acceptors (Lipinski definition) is 12. The number of carbonyl (C=O) groups is 4. The van der Waals surface area contributed by atoms with E-state index in [0.29, 0.717) is 52.7 Å². The van der Waals surface area contributed by atoms with Crippen LogP contribution in [0.15, 0.2) is 99.9 Å². The van der Waals surface area contributed by atoms with Crippen molar-refractivity contribution in [2.45, 2.75) is 195 Å². The number of nitrogens with zero attached hydrogens (tertiary/aromatic N) is 4. The molecule has 0 aliphatic carbocycles. The van der Waals surface area contributed by atoms with Crippen molar-refractivity contribution in [1.29, 1.82) is 10.5 Å². The zero-order valence-electron chi connectivity index (χ0n) is 49.2. The second-order valence-electron chi connectivity index (χ2n) is 27.1. The molecule has 0 saturated carbocycles. The Morgan fingerprint density at radius 1 is 0.513 bits per heavy atom. The first-order valence-electron chi connectivity index (χ1n) is 27.8. The number of benzene rings is 3. The van der Waals surface area contributed by atoms with Crippen LogP contribution in [0.25, 0.3) is 0 Å². The molecule has 1 fully saturated rings. The number of carbonyl (C=O) groups excluding carboxylic acids is 4. The lowest BCUT2D eigenvalue weighted by Gasteiger charge is -2.31. The average Bonchev–Trinajstić information content (AvgIpc) is 4.04. The van der Waals surface area contributed by atoms with Gasteiger partial charge in [0.05, 0.1) is 53.0 Å². The van der Waals surface area contributed by atoms with Crippen LogP contribution in [-0.2, 0) is 32.3 Å². The van der Waals surface area contributed by atoms with Gasteiger partial charge in [-0.3, -0.25) is 19.2 Å². The van der Waals surface area contributed by atoms with E-state index < -0.39 is 35.6 Å². The molecule has 2 amide bonds. The van der Waals surface area contributed by atoms with Crippen molar-refractivity contribution < 1.29 is 28.7 Å². The summed E-state index contributed by atoms with van der Waals surface area (Å²) in [5, 5.41) is 23.6. The Morgan fingerprint density at radius 3 is 1.17 bits per heavy atom. The van der Waals surface area contributed by atoms with Gasteiger partial charge in [0, 0.05) is 0 Å². The Hall–Kier alpha value is -4.60. The van der Waals surface area contributed by atoms with E-state index in [9.17, 15) is 10.5 Å². The van der Waals surface area contributed by atoms with Gasteiger partial charge in [0.2, 0.25) is 0 Å². The number of ether oxygens (including phenoxy) is 2. The Kier molecular flexibility index (Phi) is 20.8. The number of rotatable bonds is 20. The molecule has 0 bridgehead atoms. The predicted octanol–water partition coefficient (Wildman–Crippen LogP) is 17.4. The molecule has 0 aromatic heterocycles. The minimum atomic E-state index is -0.489. The molecule has 78 heavy (non-hydrogen) atoms. The lowest BCUT2D eigenvalue weighted by atomic mass is 9.76. The standard InChI is InChI=1S/C64H84N4O6S4/c1-39(31-61(5,6)7)27-29-46(41(3)33-63(11,12)13)57(71)73-49-51-52(76-59(75-51)45(35-65)36-66)50(74-58(72)47(42(4)34-64(14,15)16)30-28-40(2)32-62(8,9)10)54-53(49)77-60(78-54)48-55(69)67(37-43-23-19-17-20-24-43)68(56(48)70)38-44-25-21-18-22-26-44/h17-26,39-42,46-47H,27-34,37-38H2,1-16H3. The van der Waals surface area contributed by atoms with Crippen LogP contribution < -0.4 is 9.47 Å². The van der Waals surface area contributed by atoms with Gasteiger partial charge in [-0.25, -0.2) is 10.0 Å². The zero-order chi connectivity index (χ0) is 57.7. The second-order valence-corrected chi connectivity index (χ2v) is 31.7. The Labute approximate surface area is 484 Å². The van der Waals surface area contributed by atoms with E-state index in [1.165, 1.54) is 10.0 Å². The lowest BCUT2D eigenvalue weighted by Crippen LogP contribution is -2.39. The van der Waals surface area contributed by atoms with E-state index in [-0.39, 0.29) is 69.2 Å². The van der Waals surface area contributed by atoms with Crippen LogP contribution >= 0.6 is 47.0 Å². The smallest absolute Gasteiger partial charge is 0.314 e. The summed E-state index contributed by atoms with van der Waals surface area (Å²) in [5.41, 5.74) is 1.60. The highest BCUT2D eigenvalue weighted by molar-refractivity contribution is 8.26. The summed E-state index contributed by atoms with van der Waals surface area (Å²) < 4.78 is 14.4. The molecule has 3 aromatic rings. The lowest BCUT2D eigenvalue weighted by molar-refractivity contribution is -0.149. The number of amides is 2. The average molecular weight is 1130 g/mol. The number of hydrogen-bond donors (Lipinski definition) is 0. The highest BCUT2D eigenvalue weighted by atomic mass is 32.2. The third kappa shape index (κ3) is 16.7. The van der Waals surface area contributed by atoms with E-state index in [2.05, 4.69) is 123 Å². The van der Waals surface area contributed by atoms with Crippen LogP contribution in [0.2, 0.25) is 0 Å². The molecule has 0 N–H and O–H groups in total. The maximum atomic E-state index is 15.3. The SMILES string of the molecule is CC(CCC(C(=O)Oc1c2c(c(OC(=O)C(CCC(C)CC(C)(C)C)C(C)CC(C)(C)C)c3c1SC(=C1C(=O)N(Cc4ccccc4)N(Cc4ccccc4)C1=O)S3)SC(=C(C#N)C#N)S2)C(C)CC(C)(C)C)CC(C)(C)C. The molecular weight excluding hydrogens is 1050 g/mol. The normalized spacial score (nSPS) is 17.2. The summed E-state index contributed by atoms with van der Waals surface area (Å²) in [6, 6.07) is 23.2. The molecule has 6 unspecified atom stereocenters. The Bertz CT molecular complexity index is 2650. The molecule has 0 spiro atoms. The molecule has 3 aliphatic rings. The fourth-order valence-corrected chi connectivity index (χ4v) is 16.9. The number of esters is 2. The first-order chi connectivity index (χ1) is 36.4. The minimum absolute atomic E-state index is 0.0334. The molecule has 3 heterocycles. The van der Waals surface area contributed by atoms with Gasteiger partial charge in [-0.1, -0.05) is 218 Å².